The molecule has 28 heavy (non-hydrogen) atoms. The second-order valence-electron chi connectivity index (χ2n) is 7.34. The second kappa shape index (κ2) is 8.99. The Bertz CT molecular complexity index is 842. The van der Waals surface area contributed by atoms with Crippen LogP contribution in [0.4, 0.5) is 5.69 Å². The van der Waals surface area contributed by atoms with Gasteiger partial charge in [-0.15, -0.1) is 0 Å². The highest BCUT2D eigenvalue weighted by Crippen LogP contribution is 2.26. The third-order valence-corrected chi connectivity index (χ3v) is 5.46. The highest BCUT2D eigenvalue weighted by molar-refractivity contribution is 5.80. The molecule has 0 radical (unpaired) electrons. The number of aryl methyl sites for hydroxylation is 1. The first-order valence-electron chi connectivity index (χ1n) is 9.81. The van der Waals surface area contributed by atoms with Crippen LogP contribution in [0.2, 0.25) is 0 Å². The van der Waals surface area contributed by atoms with E-state index in [0.29, 0.717) is 17.3 Å². The maximum Gasteiger partial charge on any atom is 0.312 e. The van der Waals surface area contributed by atoms with Crippen LogP contribution in [0.3, 0.4) is 0 Å². The van der Waals surface area contributed by atoms with E-state index >= 15 is 0 Å². The molecule has 152 valence electrons. The molecule has 2 rings (SSSR count). The number of amides is 1. The number of aromatic nitrogens is 2. The van der Waals surface area contributed by atoms with Crippen LogP contribution in [-0.4, -0.2) is 20.6 Å². The lowest BCUT2D eigenvalue weighted by Crippen LogP contribution is -2.34. The van der Waals surface area contributed by atoms with E-state index in [0.717, 1.165) is 18.4 Å². The smallest absolute Gasteiger partial charge is 0.312 e. The molecule has 0 saturated carbocycles. The largest absolute Gasteiger partial charge is 0.347 e. The minimum Gasteiger partial charge on any atom is -0.347 e. The Kier molecular flexibility index (Phi) is 6.94. The number of nitro groups is 1. The average Bonchev–Trinajstić information content (AvgIpc) is 2.98. The third kappa shape index (κ3) is 4.40. The summed E-state index contributed by atoms with van der Waals surface area (Å²) in [6.45, 7) is 11.3. The van der Waals surface area contributed by atoms with Gasteiger partial charge in [-0.25, -0.2) is 0 Å². The third-order valence-electron chi connectivity index (χ3n) is 5.46. The first kappa shape index (κ1) is 21.6. The molecule has 1 aromatic heterocycles. The summed E-state index contributed by atoms with van der Waals surface area (Å²) >= 11 is 0. The maximum atomic E-state index is 12.8. The van der Waals surface area contributed by atoms with Gasteiger partial charge in [-0.1, -0.05) is 45.0 Å². The number of nitrogens with zero attached hydrogens (tertiary/aromatic N) is 3. The number of hydrogen-bond donors (Lipinski definition) is 1. The normalized spacial score (nSPS) is 14.4. The van der Waals surface area contributed by atoms with Crippen molar-refractivity contribution in [2.75, 3.05) is 0 Å². The van der Waals surface area contributed by atoms with Crippen molar-refractivity contribution in [3.63, 3.8) is 0 Å². The molecule has 0 spiro atoms. The molecule has 0 aliphatic heterocycles. The van der Waals surface area contributed by atoms with Crippen LogP contribution in [0.15, 0.2) is 24.3 Å². The van der Waals surface area contributed by atoms with Crippen molar-refractivity contribution < 1.29 is 9.72 Å². The molecule has 3 atom stereocenters. The average molecular weight is 386 g/mol. The quantitative estimate of drug-likeness (QED) is 0.523. The van der Waals surface area contributed by atoms with E-state index in [1.807, 2.05) is 6.92 Å². The van der Waals surface area contributed by atoms with Gasteiger partial charge in [0.2, 0.25) is 5.91 Å². The second-order valence-corrected chi connectivity index (χ2v) is 7.34. The highest BCUT2D eigenvalue weighted by atomic mass is 16.6. The molecule has 1 N–H and O–H groups in total. The molecule has 1 aromatic carbocycles. The molecule has 0 aliphatic rings. The molecule has 1 heterocycles. The summed E-state index contributed by atoms with van der Waals surface area (Å²) in [6.07, 6.45) is 1.83. The van der Waals surface area contributed by atoms with Crippen LogP contribution in [0.5, 0.6) is 0 Å². The fourth-order valence-corrected chi connectivity index (χ4v) is 3.41. The number of carbonyl (C=O) groups is 1. The van der Waals surface area contributed by atoms with E-state index in [2.05, 4.69) is 48.5 Å². The lowest BCUT2D eigenvalue weighted by molar-refractivity contribution is -0.386. The molecule has 3 unspecified atom stereocenters. The Morgan fingerprint density at radius 2 is 1.71 bits per heavy atom. The van der Waals surface area contributed by atoms with Gasteiger partial charge in [-0.2, -0.15) is 5.10 Å². The van der Waals surface area contributed by atoms with E-state index in [1.54, 1.807) is 20.8 Å². The summed E-state index contributed by atoms with van der Waals surface area (Å²) in [4.78, 5) is 23.6. The summed E-state index contributed by atoms with van der Waals surface area (Å²) in [5.41, 5.74) is 3.00. The maximum absolute atomic E-state index is 12.8. The minimum atomic E-state index is -0.638. The number of rotatable bonds is 8. The standard InChI is InChI=1S/C21H30N4O3/c1-7-13(3)17-9-11-18(12-10-17)19(8-2)22-21(26)16(6)24-15(5)20(25(27)28)14(4)23-24/h9-13,16,19H,7-8H2,1-6H3,(H,22,26). The van der Waals surface area contributed by atoms with Crippen LogP contribution in [0, 0.1) is 24.0 Å². The van der Waals surface area contributed by atoms with Gasteiger partial charge < -0.3 is 5.32 Å². The lowest BCUT2D eigenvalue weighted by atomic mass is 9.95. The van der Waals surface area contributed by atoms with Gasteiger partial charge in [0, 0.05) is 0 Å². The van der Waals surface area contributed by atoms with Gasteiger partial charge in [-0.3, -0.25) is 19.6 Å². The van der Waals surface area contributed by atoms with E-state index in [9.17, 15) is 14.9 Å². The van der Waals surface area contributed by atoms with Crippen molar-refractivity contribution in [1.29, 1.82) is 0 Å². The van der Waals surface area contributed by atoms with Crippen molar-refractivity contribution in [2.45, 2.75) is 72.4 Å². The molecule has 7 heteroatoms. The number of hydrogen-bond acceptors (Lipinski definition) is 4. The predicted molar refractivity (Wildman–Crippen MR) is 109 cm³/mol. The van der Waals surface area contributed by atoms with E-state index in [-0.39, 0.29) is 17.6 Å². The Labute approximate surface area is 166 Å². The molecule has 0 bridgehead atoms. The fraction of sp³-hybridized carbons (Fsp3) is 0.524. The molecule has 2 aromatic rings. The molecule has 1 amide bonds. The molecular weight excluding hydrogens is 356 g/mol. The number of carbonyl (C=O) groups excluding carboxylic acids is 1. The lowest BCUT2D eigenvalue weighted by Gasteiger charge is -2.21. The number of benzene rings is 1. The van der Waals surface area contributed by atoms with E-state index in [1.165, 1.54) is 10.2 Å². The zero-order valence-corrected chi connectivity index (χ0v) is 17.5. The van der Waals surface area contributed by atoms with Gasteiger partial charge >= 0.3 is 5.69 Å². The van der Waals surface area contributed by atoms with Crippen molar-refractivity contribution >= 4 is 11.6 Å². The topological polar surface area (TPSA) is 90.1 Å². The highest BCUT2D eigenvalue weighted by Gasteiger charge is 2.28. The van der Waals surface area contributed by atoms with Crippen LogP contribution in [0.25, 0.3) is 0 Å². The van der Waals surface area contributed by atoms with E-state index in [4.69, 9.17) is 0 Å². The van der Waals surface area contributed by atoms with Crippen molar-refractivity contribution in [3.05, 3.63) is 56.9 Å². The SMILES string of the molecule is CCC(C)c1ccc(C(CC)NC(=O)C(C)n2nc(C)c([N+](=O)[O-])c2C)cc1. The van der Waals surface area contributed by atoms with Gasteiger partial charge in [0.25, 0.3) is 0 Å². The molecule has 7 nitrogen and oxygen atoms in total. The summed E-state index contributed by atoms with van der Waals surface area (Å²) in [5.74, 6) is 0.295. The van der Waals surface area contributed by atoms with Crippen LogP contribution in [0.1, 0.15) is 81.1 Å². The molecule has 0 fully saturated rings. The zero-order chi connectivity index (χ0) is 21.0. The summed E-state index contributed by atoms with van der Waals surface area (Å²) < 4.78 is 1.43. The molecule has 0 saturated heterocycles. The summed E-state index contributed by atoms with van der Waals surface area (Å²) in [5, 5.41) is 18.5. The van der Waals surface area contributed by atoms with Crippen molar-refractivity contribution in [2.24, 2.45) is 0 Å². The van der Waals surface area contributed by atoms with Crippen LogP contribution < -0.4 is 5.32 Å². The van der Waals surface area contributed by atoms with Crippen molar-refractivity contribution in [3.8, 4) is 0 Å². The predicted octanol–water partition coefficient (Wildman–Crippen LogP) is 4.75. The fourth-order valence-electron chi connectivity index (χ4n) is 3.41. The Balaban J connectivity index is 2.18. The first-order valence-corrected chi connectivity index (χ1v) is 9.81. The monoisotopic (exact) mass is 386 g/mol. The zero-order valence-electron chi connectivity index (χ0n) is 17.5. The Hall–Kier alpha value is -2.70. The van der Waals surface area contributed by atoms with Crippen LogP contribution in [-0.2, 0) is 4.79 Å². The van der Waals surface area contributed by atoms with Gasteiger partial charge in [-0.05, 0) is 50.7 Å². The first-order chi connectivity index (χ1) is 13.2. The van der Waals surface area contributed by atoms with Crippen LogP contribution >= 0.6 is 0 Å². The summed E-state index contributed by atoms with van der Waals surface area (Å²) in [7, 11) is 0. The molecular formula is C21H30N4O3. The van der Waals surface area contributed by atoms with E-state index < -0.39 is 11.0 Å². The van der Waals surface area contributed by atoms with Gasteiger partial charge in [0.15, 0.2) is 0 Å². The summed E-state index contributed by atoms with van der Waals surface area (Å²) in [6, 6.07) is 7.61. The van der Waals surface area contributed by atoms with Gasteiger partial charge in [0.1, 0.15) is 17.4 Å². The Morgan fingerprint density at radius 1 is 1.14 bits per heavy atom. The molecule has 0 aliphatic carbocycles. The Morgan fingerprint density at radius 3 is 2.18 bits per heavy atom. The number of nitrogens with one attached hydrogen (secondary N) is 1. The van der Waals surface area contributed by atoms with Crippen molar-refractivity contribution in [1.82, 2.24) is 15.1 Å². The minimum absolute atomic E-state index is 0.0349. The van der Waals surface area contributed by atoms with Gasteiger partial charge in [0.05, 0.1) is 11.0 Å².